The van der Waals surface area contributed by atoms with Crippen molar-refractivity contribution < 1.29 is 79.0 Å². The zero-order valence-electron chi connectivity index (χ0n) is 37.0. The molecule has 0 spiro atoms. The molecule has 2 aromatic heterocycles. The molecule has 0 fully saturated rings. The molecule has 0 amide bonds. The Hall–Kier alpha value is -7.64. The van der Waals surface area contributed by atoms with Gasteiger partial charge in [-0.1, -0.05) is 78.9 Å². The number of halogens is 18. The van der Waals surface area contributed by atoms with Gasteiger partial charge in [-0.15, -0.1) is 0 Å². The molecule has 0 unspecified atom stereocenters. The van der Waals surface area contributed by atoms with E-state index in [1.165, 1.54) is 65.3 Å². The number of aromatic nitrogens is 2. The van der Waals surface area contributed by atoms with Gasteiger partial charge < -0.3 is 9.13 Å². The predicted octanol–water partition coefficient (Wildman–Crippen LogP) is 16.6. The highest BCUT2D eigenvalue weighted by atomic mass is 19.4. The van der Waals surface area contributed by atoms with Crippen LogP contribution in [0, 0.1) is 0 Å². The first-order chi connectivity index (χ1) is 34.5. The summed E-state index contributed by atoms with van der Waals surface area (Å²) < 4.78 is 264. The summed E-state index contributed by atoms with van der Waals surface area (Å²) >= 11 is 0. The molecule has 2 aliphatic rings. The van der Waals surface area contributed by atoms with Crippen LogP contribution < -0.4 is 10.6 Å². The molecule has 20 heteroatoms. The van der Waals surface area contributed by atoms with Gasteiger partial charge in [-0.2, -0.15) is 79.0 Å². The van der Waals surface area contributed by atoms with Gasteiger partial charge in [0.05, 0.1) is 66.7 Å². The highest BCUT2D eigenvalue weighted by Gasteiger charge is 2.43. The standard InChI is InChI=1S/C54H28F18N2/c55-49(56,57)30-7-5-6-27(20-30)39-25-48(74-44-11-4-2-9-36(44)38-17-13-29(22-46(38)74)34-19-15-32(51(61,62)63)24-41(34)53(67,68)69)42(54(70,71)72)26-47(39)73-43-10-3-1-8-35(43)37-16-12-28(21-45(37)73)33-18-14-31(50(58,59)60)23-40(33)52(64,65)66/h1-8,10-18,20-26H,9,19H2. The number of hydrogen-bond acceptors (Lipinski definition) is 0. The van der Waals surface area contributed by atoms with Crippen LogP contribution in [0.5, 0.6) is 0 Å². The van der Waals surface area contributed by atoms with Gasteiger partial charge in [-0.3, -0.25) is 0 Å². The van der Waals surface area contributed by atoms with Crippen molar-refractivity contribution in [3.63, 3.8) is 0 Å². The fourth-order valence-electron chi connectivity index (χ4n) is 9.78. The Morgan fingerprint density at radius 2 is 1.07 bits per heavy atom. The highest BCUT2D eigenvalue weighted by molar-refractivity contribution is 6.11. The molecular weight excluding hydrogens is 1020 g/mol. The van der Waals surface area contributed by atoms with Crippen molar-refractivity contribution in [1.29, 1.82) is 0 Å². The van der Waals surface area contributed by atoms with Crippen LogP contribution in [-0.4, -0.2) is 21.5 Å². The summed E-state index contributed by atoms with van der Waals surface area (Å²) in [6.45, 7) is 0. The number of alkyl halides is 18. The van der Waals surface area contributed by atoms with E-state index in [1.54, 1.807) is 6.08 Å². The van der Waals surface area contributed by atoms with Crippen molar-refractivity contribution in [3.05, 3.63) is 189 Å². The van der Waals surface area contributed by atoms with Crippen molar-refractivity contribution in [1.82, 2.24) is 9.13 Å². The van der Waals surface area contributed by atoms with E-state index in [-0.39, 0.29) is 78.5 Å². The molecule has 0 atom stereocenters. The topological polar surface area (TPSA) is 9.86 Å². The van der Waals surface area contributed by atoms with Crippen molar-refractivity contribution >= 4 is 44.4 Å². The van der Waals surface area contributed by atoms with Crippen molar-refractivity contribution in [3.8, 4) is 33.6 Å². The van der Waals surface area contributed by atoms with E-state index in [1.807, 2.05) is 0 Å². The quantitative estimate of drug-likeness (QED) is 0.156. The Kier molecular flexibility index (Phi) is 11.4. The van der Waals surface area contributed by atoms with Gasteiger partial charge >= 0.3 is 37.1 Å². The first-order valence-electron chi connectivity index (χ1n) is 21.9. The molecule has 0 aliphatic heterocycles. The smallest absolute Gasteiger partial charge is 0.309 e. The first kappa shape index (κ1) is 49.9. The molecule has 10 rings (SSSR count). The van der Waals surface area contributed by atoms with Gasteiger partial charge in [0, 0.05) is 21.7 Å². The summed E-state index contributed by atoms with van der Waals surface area (Å²) in [7, 11) is 0. The molecule has 2 heterocycles. The second kappa shape index (κ2) is 17.0. The van der Waals surface area contributed by atoms with Crippen molar-refractivity contribution in [2.24, 2.45) is 0 Å². The van der Waals surface area contributed by atoms with E-state index in [0.717, 1.165) is 34.9 Å². The van der Waals surface area contributed by atoms with Crippen molar-refractivity contribution in [2.75, 3.05) is 0 Å². The van der Waals surface area contributed by atoms with Gasteiger partial charge in [-0.25, -0.2) is 0 Å². The van der Waals surface area contributed by atoms with E-state index >= 15 is 13.2 Å². The Morgan fingerprint density at radius 1 is 0.419 bits per heavy atom. The Balaban J connectivity index is 1.32. The molecule has 0 saturated heterocycles. The molecule has 0 N–H and O–H groups in total. The molecule has 380 valence electrons. The molecule has 0 radical (unpaired) electrons. The number of nitrogens with zero attached hydrogens (tertiary/aromatic N) is 2. The summed E-state index contributed by atoms with van der Waals surface area (Å²) in [5.41, 5.74) is -12.8. The molecule has 74 heavy (non-hydrogen) atoms. The molecule has 0 saturated carbocycles. The van der Waals surface area contributed by atoms with Crippen LogP contribution in [-0.2, 0) is 31.1 Å². The minimum atomic E-state index is -5.38. The van der Waals surface area contributed by atoms with Crippen LogP contribution in [0.1, 0.15) is 34.2 Å². The molecule has 6 aromatic carbocycles. The van der Waals surface area contributed by atoms with E-state index < -0.39 is 99.4 Å². The lowest BCUT2D eigenvalue weighted by molar-refractivity contribution is -0.143. The fourth-order valence-corrected chi connectivity index (χ4v) is 9.78. The minimum absolute atomic E-state index is 0.0610. The molecule has 2 nitrogen and oxygen atoms in total. The van der Waals surface area contributed by atoms with Gasteiger partial charge in [0.2, 0.25) is 0 Å². The van der Waals surface area contributed by atoms with Crippen LogP contribution >= 0.6 is 0 Å². The van der Waals surface area contributed by atoms with Gasteiger partial charge in [0.15, 0.2) is 0 Å². The maximum atomic E-state index is 16.1. The monoisotopic (exact) mass is 1050 g/mol. The highest BCUT2D eigenvalue weighted by Crippen LogP contribution is 2.47. The van der Waals surface area contributed by atoms with E-state index in [0.29, 0.717) is 42.0 Å². The minimum Gasteiger partial charge on any atom is -0.309 e. The second-order valence-corrected chi connectivity index (χ2v) is 17.4. The van der Waals surface area contributed by atoms with Crippen LogP contribution in [0.3, 0.4) is 0 Å². The summed E-state index contributed by atoms with van der Waals surface area (Å²) in [6, 6.07) is 19.0. The second-order valence-electron chi connectivity index (χ2n) is 17.4. The number of benzene rings is 6. The molecule has 8 aromatic rings. The zero-order chi connectivity index (χ0) is 53.2. The number of para-hydroxylation sites is 1. The van der Waals surface area contributed by atoms with Gasteiger partial charge in [0.25, 0.3) is 0 Å². The lowest BCUT2D eigenvalue weighted by Gasteiger charge is -2.23. The summed E-state index contributed by atoms with van der Waals surface area (Å²) in [5.74, 6) is 0. The third-order valence-electron chi connectivity index (χ3n) is 13.0. The maximum absolute atomic E-state index is 16.1. The lowest BCUT2D eigenvalue weighted by Crippen LogP contribution is -2.24. The first-order valence-corrected chi connectivity index (χ1v) is 21.9. The number of allylic oxidation sites excluding steroid dienone is 6. The van der Waals surface area contributed by atoms with Crippen LogP contribution in [0.25, 0.3) is 78.0 Å². The fraction of sp³-hybridized carbons (Fsp3) is 0.148. The normalized spacial score (nSPS) is 15.7. The van der Waals surface area contributed by atoms with Crippen LogP contribution in [0.15, 0.2) is 151 Å². The number of hydrogen-bond donors (Lipinski definition) is 0. The molecular formula is C54H28F18N2. The van der Waals surface area contributed by atoms with Gasteiger partial charge in [-0.05, 0) is 113 Å². The van der Waals surface area contributed by atoms with Crippen LogP contribution in [0.4, 0.5) is 79.0 Å². The Morgan fingerprint density at radius 3 is 1.74 bits per heavy atom. The summed E-state index contributed by atoms with van der Waals surface area (Å²) in [6.07, 6.45) is -27.3. The number of rotatable bonds is 4. The largest absolute Gasteiger partial charge is 0.418 e. The van der Waals surface area contributed by atoms with E-state index in [9.17, 15) is 65.9 Å². The average molecular weight is 1050 g/mol. The third kappa shape index (κ3) is 8.70. The average Bonchev–Trinajstić information content (AvgIpc) is 3.84. The third-order valence-corrected chi connectivity index (χ3v) is 13.0. The molecule has 2 aliphatic carbocycles. The van der Waals surface area contributed by atoms with Gasteiger partial charge in [0.1, 0.15) is 0 Å². The summed E-state index contributed by atoms with van der Waals surface area (Å²) in [5, 5.41) is 0.439. The predicted molar refractivity (Wildman–Crippen MR) is 241 cm³/mol. The molecule has 0 bridgehead atoms. The van der Waals surface area contributed by atoms with E-state index in [4.69, 9.17) is 0 Å². The van der Waals surface area contributed by atoms with Crippen LogP contribution in [0.2, 0.25) is 0 Å². The Bertz CT molecular complexity index is 3860. The SMILES string of the molecule is FC(F)(F)C1=CCC(=c2ccc3c4c(n(-c5cc(-c6cccc(C(F)(F)F)c6)c(-n6c7ccccc7c7ccc(-c8ccc(C(F)(F)F)cc8C(F)(F)F)cc76)cc5C(F)(F)F)c3c2)=CC=CC4)C(C(F)(F)F)=C1. The number of fused-ring (bicyclic) bond motifs is 6. The summed E-state index contributed by atoms with van der Waals surface area (Å²) in [4.78, 5) is 0. The zero-order valence-corrected chi connectivity index (χ0v) is 37.0. The lowest BCUT2D eigenvalue weighted by atomic mass is 9.91. The van der Waals surface area contributed by atoms with Crippen molar-refractivity contribution in [2.45, 2.75) is 49.9 Å². The Labute approximate surface area is 404 Å². The van der Waals surface area contributed by atoms with E-state index in [2.05, 4.69) is 0 Å². The maximum Gasteiger partial charge on any atom is 0.418 e.